The molecule has 0 aliphatic carbocycles. The van der Waals surface area contributed by atoms with Crippen LogP contribution in [-0.2, 0) is 17.9 Å². The third-order valence-electron chi connectivity index (χ3n) is 4.95. The second-order valence-corrected chi connectivity index (χ2v) is 7.16. The second-order valence-electron chi connectivity index (χ2n) is 7.16. The minimum absolute atomic E-state index is 0.0384. The van der Waals surface area contributed by atoms with Crippen molar-refractivity contribution in [1.82, 2.24) is 10.2 Å². The predicted molar refractivity (Wildman–Crippen MR) is 112 cm³/mol. The Morgan fingerprint density at radius 1 is 0.897 bits per heavy atom. The lowest BCUT2D eigenvalue weighted by molar-refractivity contribution is -0.123. The van der Waals surface area contributed by atoms with Gasteiger partial charge in [0, 0.05) is 0 Å². The number of nitrogens with one attached hydrogen (secondary N) is 1. The van der Waals surface area contributed by atoms with E-state index >= 15 is 0 Å². The molecule has 0 spiro atoms. The molecule has 1 amide bonds. The highest BCUT2D eigenvalue weighted by Gasteiger charge is 2.17. The molecule has 0 saturated carbocycles. The maximum Gasteiger partial charge on any atom is 0.234 e. The Bertz CT molecular complexity index is 1010. The molecule has 2 heterocycles. The summed E-state index contributed by atoms with van der Waals surface area (Å²) in [5.41, 5.74) is 1.11. The van der Waals surface area contributed by atoms with Crippen molar-refractivity contribution in [3.63, 3.8) is 0 Å². The average molecular weight is 388 g/mol. The smallest absolute Gasteiger partial charge is 0.234 e. The van der Waals surface area contributed by atoms with Crippen LogP contribution >= 0.6 is 0 Å². The van der Waals surface area contributed by atoms with Gasteiger partial charge in [0.1, 0.15) is 11.5 Å². The highest BCUT2D eigenvalue weighted by molar-refractivity contribution is 5.87. The zero-order valence-electron chi connectivity index (χ0n) is 16.4. The summed E-state index contributed by atoms with van der Waals surface area (Å²) in [6.45, 7) is 3.33. The first-order valence-corrected chi connectivity index (χ1v) is 9.73. The van der Waals surface area contributed by atoms with Crippen molar-refractivity contribution in [1.29, 1.82) is 0 Å². The Labute approximate surface area is 169 Å². The molecule has 2 aromatic heterocycles. The number of amides is 1. The van der Waals surface area contributed by atoms with Gasteiger partial charge in [-0.2, -0.15) is 0 Å². The molecule has 0 aliphatic heterocycles. The molecule has 0 radical (unpaired) electrons. The highest BCUT2D eigenvalue weighted by Crippen LogP contribution is 2.24. The summed E-state index contributed by atoms with van der Waals surface area (Å²) in [5.74, 6) is 1.58. The first kappa shape index (κ1) is 19.0. The van der Waals surface area contributed by atoms with Gasteiger partial charge in [-0.1, -0.05) is 42.5 Å². The van der Waals surface area contributed by atoms with E-state index in [4.69, 9.17) is 8.83 Å². The van der Waals surface area contributed by atoms with E-state index in [0.29, 0.717) is 13.1 Å². The van der Waals surface area contributed by atoms with Crippen LogP contribution in [0.15, 0.2) is 88.1 Å². The molecular formula is C24H24N2O3. The number of carbonyl (C=O) groups excluding carboxylic acids is 1. The van der Waals surface area contributed by atoms with Crippen molar-refractivity contribution in [2.24, 2.45) is 0 Å². The van der Waals surface area contributed by atoms with E-state index in [0.717, 1.165) is 22.5 Å². The van der Waals surface area contributed by atoms with Crippen molar-refractivity contribution < 1.29 is 13.6 Å². The van der Waals surface area contributed by atoms with Crippen LogP contribution in [0, 0.1) is 0 Å². The zero-order valence-corrected chi connectivity index (χ0v) is 16.4. The molecule has 5 heteroatoms. The Kier molecular flexibility index (Phi) is 5.77. The zero-order chi connectivity index (χ0) is 20.1. The maximum absolute atomic E-state index is 12.8. The predicted octanol–water partition coefficient (Wildman–Crippen LogP) is 4.91. The number of fused-ring (bicyclic) bond motifs is 1. The van der Waals surface area contributed by atoms with Crippen LogP contribution < -0.4 is 5.32 Å². The molecule has 4 aromatic rings. The number of furan rings is 2. The van der Waals surface area contributed by atoms with Gasteiger partial charge in [-0.05, 0) is 47.5 Å². The molecule has 0 unspecified atom stereocenters. The molecule has 29 heavy (non-hydrogen) atoms. The fourth-order valence-corrected chi connectivity index (χ4v) is 3.61. The van der Waals surface area contributed by atoms with Crippen molar-refractivity contribution in [2.45, 2.75) is 26.1 Å². The van der Waals surface area contributed by atoms with E-state index in [1.54, 1.807) is 12.5 Å². The summed E-state index contributed by atoms with van der Waals surface area (Å²) in [6, 6.07) is 21.8. The van der Waals surface area contributed by atoms with E-state index in [-0.39, 0.29) is 18.5 Å². The Hall–Kier alpha value is -3.31. The Morgan fingerprint density at radius 2 is 1.55 bits per heavy atom. The van der Waals surface area contributed by atoms with Gasteiger partial charge in [-0.25, -0.2) is 0 Å². The van der Waals surface area contributed by atoms with E-state index in [2.05, 4.69) is 29.6 Å². The SMILES string of the molecule is C[C@H](NC(=O)CN(Cc1ccco1)Cc1ccco1)c1cccc2ccccc12. The van der Waals surface area contributed by atoms with Crippen molar-refractivity contribution in [2.75, 3.05) is 6.54 Å². The first-order valence-electron chi connectivity index (χ1n) is 9.73. The van der Waals surface area contributed by atoms with Gasteiger partial charge in [-0.15, -0.1) is 0 Å². The fraction of sp³-hybridized carbons (Fsp3) is 0.208. The molecule has 1 atom stereocenters. The summed E-state index contributed by atoms with van der Waals surface area (Å²) in [4.78, 5) is 14.8. The summed E-state index contributed by atoms with van der Waals surface area (Å²) in [6.07, 6.45) is 3.28. The van der Waals surface area contributed by atoms with E-state index in [9.17, 15) is 4.79 Å². The third-order valence-corrected chi connectivity index (χ3v) is 4.95. The summed E-state index contributed by atoms with van der Waals surface area (Å²) in [7, 11) is 0. The van der Waals surface area contributed by atoms with Crippen LogP contribution in [0.3, 0.4) is 0 Å². The normalized spacial score (nSPS) is 12.3. The number of nitrogens with zero attached hydrogens (tertiary/aromatic N) is 1. The van der Waals surface area contributed by atoms with E-state index < -0.39 is 0 Å². The molecule has 0 saturated heterocycles. The number of hydrogen-bond donors (Lipinski definition) is 1. The van der Waals surface area contributed by atoms with Crippen LogP contribution in [0.25, 0.3) is 10.8 Å². The number of benzene rings is 2. The molecule has 2 aromatic carbocycles. The Morgan fingerprint density at radius 3 is 2.21 bits per heavy atom. The number of hydrogen-bond acceptors (Lipinski definition) is 4. The lowest BCUT2D eigenvalue weighted by atomic mass is 10.00. The summed E-state index contributed by atoms with van der Waals surface area (Å²) >= 11 is 0. The lowest BCUT2D eigenvalue weighted by Crippen LogP contribution is -2.37. The van der Waals surface area contributed by atoms with Crippen LogP contribution in [0.1, 0.15) is 30.0 Å². The summed E-state index contributed by atoms with van der Waals surface area (Å²) in [5, 5.41) is 5.46. The fourth-order valence-electron chi connectivity index (χ4n) is 3.61. The van der Waals surface area contributed by atoms with Gasteiger partial charge in [0.05, 0.1) is 38.2 Å². The monoisotopic (exact) mass is 388 g/mol. The molecule has 148 valence electrons. The van der Waals surface area contributed by atoms with Gasteiger partial charge in [0.2, 0.25) is 5.91 Å². The van der Waals surface area contributed by atoms with Crippen molar-refractivity contribution in [3.05, 3.63) is 96.3 Å². The van der Waals surface area contributed by atoms with Gasteiger partial charge < -0.3 is 14.2 Å². The minimum atomic E-state index is -0.0947. The molecule has 4 rings (SSSR count). The standard InChI is InChI=1S/C24H24N2O3/c1-18(22-12-4-8-19-7-2-3-11-23(19)22)25-24(27)17-26(15-20-9-5-13-28-20)16-21-10-6-14-29-21/h2-14,18H,15-17H2,1H3,(H,25,27)/t18-/m0/s1. The van der Waals surface area contributed by atoms with Gasteiger partial charge in [-0.3, -0.25) is 9.69 Å². The minimum Gasteiger partial charge on any atom is -0.468 e. The first-order chi connectivity index (χ1) is 14.2. The molecular weight excluding hydrogens is 364 g/mol. The Balaban J connectivity index is 1.45. The van der Waals surface area contributed by atoms with Gasteiger partial charge in [0.25, 0.3) is 0 Å². The quantitative estimate of drug-likeness (QED) is 0.466. The van der Waals surface area contributed by atoms with Crippen LogP contribution in [-0.4, -0.2) is 17.4 Å². The van der Waals surface area contributed by atoms with Crippen LogP contribution in [0.4, 0.5) is 0 Å². The number of rotatable bonds is 8. The second kappa shape index (κ2) is 8.80. The summed E-state index contributed by atoms with van der Waals surface area (Å²) < 4.78 is 10.9. The topological polar surface area (TPSA) is 58.6 Å². The van der Waals surface area contributed by atoms with E-state index in [1.807, 2.05) is 54.3 Å². The van der Waals surface area contributed by atoms with Crippen LogP contribution in [0.2, 0.25) is 0 Å². The molecule has 0 fully saturated rings. The number of carbonyl (C=O) groups is 1. The molecule has 5 nitrogen and oxygen atoms in total. The van der Waals surface area contributed by atoms with Gasteiger partial charge in [0.15, 0.2) is 0 Å². The van der Waals surface area contributed by atoms with E-state index in [1.165, 1.54) is 5.39 Å². The largest absolute Gasteiger partial charge is 0.468 e. The third kappa shape index (κ3) is 4.76. The van der Waals surface area contributed by atoms with Gasteiger partial charge >= 0.3 is 0 Å². The van der Waals surface area contributed by atoms with Crippen LogP contribution in [0.5, 0.6) is 0 Å². The molecule has 1 N–H and O–H groups in total. The average Bonchev–Trinajstić information content (AvgIpc) is 3.41. The maximum atomic E-state index is 12.8. The molecule has 0 bridgehead atoms. The molecule has 0 aliphatic rings. The highest BCUT2D eigenvalue weighted by atomic mass is 16.3. The lowest BCUT2D eigenvalue weighted by Gasteiger charge is -2.22. The van der Waals surface area contributed by atoms with Crippen molar-refractivity contribution >= 4 is 16.7 Å². The van der Waals surface area contributed by atoms with Crippen molar-refractivity contribution in [3.8, 4) is 0 Å².